The number of hydrogen-bond donors (Lipinski definition) is 1. The first-order valence-corrected chi connectivity index (χ1v) is 6.62. The van der Waals surface area contributed by atoms with E-state index in [2.05, 4.69) is 9.97 Å². The summed E-state index contributed by atoms with van der Waals surface area (Å²) >= 11 is 6.25. The van der Waals surface area contributed by atoms with E-state index in [0.29, 0.717) is 22.8 Å². The van der Waals surface area contributed by atoms with Gasteiger partial charge in [0.15, 0.2) is 5.65 Å². The average Bonchev–Trinajstić information content (AvgIpc) is 3.02. The Kier molecular flexibility index (Phi) is 2.37. The van der Waals surface area contributed by atoms with Gasteiger partial charge in [-0.25, -0.2) is 4.98 Å². The van der Waals surface area contributed by atoms with Gasteiger partial charge < -0.3 is 9.72 Å². The number of ether oxygens (including phenoxy) is 1. The Morgan fingerprint density at radius 3 is 3.15 bits per heavy atom. The topological polar surface area (TPSA) is 59.9 Å². The lowest BCUT2D eigenvalue weighted by atomic mass is 10.1. The number of aromatic nitrogens is 3. The van der Waals surface area contributed by atoms with E-state index in [4.69, 9.17) is 16.3 Å². The van der Waals surface area contributed by atoms with Gasteiger partial charge in [-0.3, -0.25) is 9.36 Å². The van der Waals surface area contributed by atoms with Crippen molar-refractivity contribution in [3.05, 3.63) is 51.7 Å². The fraction of sp³-hybridized carbons (Fsp3) is 0.143. The molecule has 1 aliphatic rings. The predicted octanol–water partition coefficient (Wildman–Crippen LogP) is 2.30. The smallest absolute Gasteiger partial charge is 0.260 e. The molecule has 0 fully saturated rings. The summed E-state index contributed by atoms with van der Waals surface area (Å²) in [6.07, 6.45) is 2.30. The number of aromatic amines is 1. The highest BCUT2D eigenvalue weighted by Crippen LogP contribution is 2.31. The molecule has 3 heterocycles. The van der Waals surface area contributed by atoms with Gasteiger partial charge in [-0.15, -0.1) is 0 Å². The van der Waals surface area contributed by atoms with Crippen LogP contribution in [0.15, 0.2) is 35.4 Å². The molecule has 2 aromatic heterocycles. The van der Waals surface area contributed by atoms with Crippen molar-refractivity contribution >= 4 is 22.6 Å². The van der Waals surface area contributed by atoms with Gasteiger partial charge in [0.2, 0.25) is 0 Å². The first kappa shape index (κ1) is 11.5. The molecule has 3 aromatic rings. The van der Waals surface area contributed by atoms with Gasteiger partial charge in [0.25, 0.3) is 5.56 Å². The van der Waals surface area contributed by atoms with Crippen LogP contribution in [0.1, 0.15) is 5.56 Å². The van der Waals surface area contributed by atoms with Crippen LogP contribution >= 0.6 is 11.6 Å². The van der Waals surface area contributed by atoms with Crippen LogP contribution in [0, 0.1) is 0 Å². The second-order valence-corrected chi connectivity index (χ2v) is 5.05. The number of benzene rings is 1. The van der Waals surface area contributed by atoms with E-state index in [0.717, 1.165) is 17.9 Å². The van der Waals surface area contributed by atoms with Crippen LogP contribution in [0.2, 0.25) is 5.15 Å². The molecule has 20 heavy (non-hydrogen) atoms. The van der Waals surface area contributed by atoms with Crippen LogP contribution in [-0.2, 0) is 6.42 Å². The van der Waals surface area contributed by atoms with Crippen LogP contribution in [-0.4, -0.2) is 21.1 Å². The minimum Gasteiger partial charge on any atom is -0.493 e. The number of rotatable bonds is 1. The molecule has 0 unspecified atom stereocenters. The van der Waals surface area contributed by atoms with Gasteiger partial charge in [-0.05, 0) is 17.7 Å². The summed E-state index contributed by atoms with van der Waals surface area (Å²) in [5.74, 6) is 0.866. The van der Waals surface area contributed by atoms with Crippen molar-refractivity contribution in [2.75, 3.05) is 6.61 Å². The third-order valence-corrected chi connectivity index (χ3v) is 3.77. The van der Waals surface area contributed by atoms with E-state index >= 15 is 0 Å². The minimum absolute atomic E-state index is 0.201. The van der Waals surface area contributed by atoms with Crippen LogP contribution in [0.25, 0.3) is 16.7 Å². The van der Waals surface area contributed by atoms with Gasteiger partial charge in [0.1, 0.15) is 10.9 Å². The molecule has 4 rings (SSSR count). The molecule has 6 heteroatoms. The third kappa shape index (κ3) is 1.56. The molecule has 0 radical (unpaired) electrons. The molecule has 100 valence electrons. The Morgan fingerprint density at radius 1 is 1.35 bits per heavy atom. The van der Waals surface area contributed by atoms with Crippen molar-refractivity contribution in [3.63, 3.8) is 0 Å². The van der Waals surface area contributed by atoms with E-state index in [-0.39, 0.29) is 5.56 Å². The maximum Gasteiger partial charge on any atom is 0.260 e. The Bertz CT molecular complexity index is 882. The lowest BCUT2D eigenvalue weighted by Crippen LogP contribution is -2.06. The first-order valence-electron chi connectivity index (χ1n) is 6.25. The summed E-state index contributed by atoms with van der Waals surface area (Å²) in [6.45, 7) is 0.705. The average molecular weight is 288 g/mol. The Morgan fingerprint density at radius 2 is 2.25 bits per heavy atom. The van der Waals surface area contributed by atoms with Gasteiger partial charge in [-0.2, -0.15) is 0 Å². The van der Waals surface area contributed by atoms with Crippen molar-refractivity contribution in [2.24, 2.45) is 0 Å². The number of nitrogens with one attached hydrogen (secondary N) is 1. The molecular formula is C14H10ClN3O2. The fourth-order valence-electron chi connectivity index (χ4n) is 2.53. The van der Waals surface area contributed by atoms with Crippen LogP contribution in [0.5, 0.6) is 5.75 Å². The summed E-state index contributed by atoms with van der Waals surface area (Å²) in [6, 6.07) is 7.53. The van der Waals surface area contributed by atoms with E-state index in [1.54, 1.807) is 10.6 Å². The Hall–Kier alpha value is -2.27. The molecule has 1 aliphatic heterocycles. The lowest BCUT2D eigenvalue weighted by molar-refractivity contribution is 0.356. The summed E-state index contributed by atoms with van der Waals surface area (Å²) in [5, 5.41) is 0.918. The standard InChI is InChI=1S/C14H10ClN3O2/c15-12-6-10-13(16-7-17-14(10)19)18(12)9-2-1-8-3-4-20-11(8)5-9/h1-2,5-7H,3-4H2,(H,16,17,19). The quantitative estimate of drug-likeness (QED) is 0.747. The summed E-state index contributed by atoms with van der Waals surface area (Å²) < 4.78 is 7.31. The molecule has 0 aliphatic carbocycles. The highest BCUT2D eigenvalue weighted by atomic mass is 35.5. The van der Waals surface area contributed by atoms with Crippen LogP contribution in [0.4, 0.5) is 0 Å². The zero-order valence-corrected chi connectivity index (χ0v) is 11.1. The highest BCUT2D eigenvalue weighted by Gasteiger charge is 2.16. The summed E-state index contributed by atoms with van der Waals surface area (Å²) in [5.41, 5.74) is 2.36. The highest BCUT2D eigenvalue weighted by molar-refractivity contribution is 6.31. The maximum atomic E-state index is 11.8. The lowest BCUT2D eigenvalue weighted by Gasteiger charge is -2.08. The van der Waals surface area contributed by atoms with Gasteiger partial charge in [-0.1, -0.05) is 17.7 Å². The third-order valence-electron chi connectivity index (χ3n) is 3.49. The van der Waals surface area contributed by atoms with Crippen molar-refractivity contribution in [2.45, 2.75) is 6.42 Å². The summed E-state index contributed by atoms with van der Waals surface area (Å²) in [7, 11) is 0. The zero-order chi connectivity index (χ0) is 13.7. The Balaban J connectivity index is 2.01. The molecule has 0 amide bonds. The number of fused-ring (bicyclic) bond motifs is 2. The number of hydrogen-bond acceptors (Lipinski definition) is 3. The van der Waals surface area contributed by atoms with Crippen molar-refractivity contribution in [1.29, 1.82) is 0 Å². The van der Waals surface area contributed by atoms with Crippen LogP contribution < -0.4 is 10.3 Å². The second kappa shape index (κ2) is 4.11. The van der Waals surface area contributed by atoms with E-state index in [9.17, 15) is 4.79 Å². The van der Waals surface area contributed by atoms with Crippen molar-refractivity contribution in [3.8, 4) is 11.4 Å². The Labute approximate surface area is 118 Å². The molecule has 0 saturated heterocycles. The SMILES string of the molecule is O=c1[nH]cnc2c1cc(Cl)n2-c1ccc2c(c1)OCC2. The monoisotopic (exact) mass is 287 g/mol. The molecule has 0 saturated carbocycles. The minimum atomic E-state index is -0.201. The maximum absolute atomic E-state index is 11.8. The predicted molar refractivity (Wildman–Crippen MR) is 75.9 cm³/mol. The molecular weight excluding hydrogens is 278 g/mol. The molecule has 0 spiro atoms. The largest absolute Gasteiger partial charge is 0.493 e. The normalized spacial score (nSPS) is 13.4. The number of nitrogens with zero attached hydrogens (tertiary/aromatic N) is 2. The van der Waals surface area contributed by atoms with Crippen LogP contribution in [0.3, 0.4) is 0 Å². The van der Waals surface area contributed by atoms with E-state index in [1.807, 2.05) is 18.2 Å². The summed E-state index contributed by atoms with van der Waals surface area (Å²) in [4.78, 5) is 18.5. The molecule has 0 atom stereocenters. The zero-order valence-electron chi connectivity index (χ0n) is 10.4. The van der Waals surface area contributed by atoms with Gasteiger partial charge in [0.05, 0.1) is 24.0 Å². The molecule has 1 N–H and O–H groups in total. The van der Waals surface area contributed by atoms with E-state index < -0.39 is 0 Å². The second-order valence-electron chi connectivity index (χ2n) is 4.66. The van der Waals surface area contributed by atoms with Crippen molar-refractivity contribution < 1.29 is 4.74 Å². The number of halogens is 1. The van der Waals surface area contributed by atoms with E-state index in [1.165, 1.54) is 11.9 Å². The van der Waals surface area contributed by atoms with Gasteiger partial charge in [0, 0.05) is 12.5 Å². The molecule has 5 nitrogen and oxygen atoms in total. The molecule has 0 bridgehead atoms. The first-order chi connectivity index (χ1) is 9.74. The number of H-pyrrole nitrogens is 1. The molecule has 1 aromatic carbocycles. The fourth-order valence-corrected chi connectivity index (χ4v) is 2.82. The van der Waals surface area contributed by atoms with Crippen molar-refractivity contribution in [1.82, 2.24) is 14.5 Å². The van der Waals surface area contributed by atoms with Gasteiger partial charge >= 0.3 is 0 Å².